The van der Waals surface area contributed by atoms with Gasteiger partial charge < -0.3 is 15.2 Å². The quantitative estimate of drug-likeness (QED) is 0.713. The van der Waals surface area contributed by atoms with E-state index in [1.54, 1.807) is 0 Å². The molecule has 2 N–H and O–H groups in total. The number of ether oxygens (including phenoxy) is 2. The van der Waals surface area contributed by atoms with Crippen LogP contribution in [-0.2, 0) is 19.1 Å². The van der Waals surface area contributed by atoms with Crippen molar-refractivity contribution in [3.63, 3.8) is 0 Å². The fourth-order valence-electron chi connectivity index (χ4n) is 3.70. The Morgan fingerprint density at radius 3 is 2.24 bits per heavy atom. The predicted octanol–water partition coefficient (Wildman–Crippen LogP) is 0.180. The topological polar surface area (TPSA) is 78.6 Å². The van der Waals surface area contributed by atoms with Gasteiger partial charge >= 0.3 is 11.9 Å². The Labute approximate surface area is 101 Å². The van der Waals surface area contributed by atoms with E-state index in [4.69, 9.17) is 15.2 Å². The van der Waals surface area contributed by atoms with Gasteiger partial charge in [-0.25, -0.2) is 0 Å². The molecule has 5 heteroatoms. The minimum absolute atomic E-state index is 0.182. The van der Waals surface area contributed by atoms with Gasteiger partial charge in [-0.05, 0) is 37.1 Å². The number of esters is 2. The van der Waals surface area contributed by atoms with Gasteiger partial charge in [0.1, 0.15) is 0 Å². The first-order valence-electron chi connectivity index (χ1n) is 5.99. The van der Waals surface area contributed by atoms with Crippen LogP contribution in [0.4, 0.5) is 0 Å². The molecule has 2 saturated carbocycles. The van der Waals surface area contributed by atoms with Crippen LogP contribution in [0.3, 0.4) is 0 Å². The van der Waals surface area contributed by atoms with Crippen molar-refractivity contribution in [3.8, 4) is 0 Å². The summed E-state index contributed by atoms with van der Waals surface area (Å²) in [6, 6.07) is 0. The third-order valence-electron chi connectivity index (χ3n) is 4.39. The Balaban J connectivity index is 2.23. The van der Waals surface area contributed by atoms with Gasteiger partial charge in [0.2, 0.25) is 0 Å². The summed E-state index contributed by atoms with van der Waals surface area (Å²) in [6.07, 6.45) is 1.82. The lowest BCUT2D eigenvalue weighted by atomic mass is 9.74. The molecule has 2 fully saturated rings. The molecule has 2 rings (SSSR count). The van der Waals surface area contributed by atoms with Crippen LogP contribution in [0, 0.1) is 29.6 Å². The number of fused-ring (bicyclic) bond motifs is 2. The van der Waals surface area contributed by atoms with E-state index >= 15 is 0 Å². The van der Waals surface area contributed by atoms with Gasteiger partial charge in [-0.3, -0.25) is 9.59 Å². The molecule has 0 radical (unpaired) electrons. The van der Waals surface area contributed by atoms with Gasteiger partial charge in [0.05, 0.1) is 26.1 Å². The average Bonchev–Trinajstić information content (AvgIpc) is 2.93. The number of carbonyl (C=O) groups is 2. The lowest BCUT2D eigenvalue weighted by molar-refractivity contribution is -0.161. The maximum absolute atomic E-state index is 11.8. The lowest BCUT2D eigenvalue weighted by Gasteiger charge is -2.31. The second kappa shape index (κ2) is 4.64. The summed E-state index contributed by atoms with van der Waals surface area (Å²) < 4.78 is 9.62. The van der Waals surface area contributed by atoms with Crippen molar-refractivity contribution in [2.45, 2.75) is 12.8 Å². The largest absolute Gasteiger partial charge is 0.469 e. The third kappa shape index (κ3) is 1.82. The van der Waals surface area contributed by atoms with Crippen molar-refractivity contribution in [2.24, 2.45) is 35.3 Å². The molecule has 96 valence electrons. The van der Waals surface area contributed by atoms with E-state index in [0.717, 1.165) is 12.8 Å². The van der Waals surface area contributed by atoms with Crippen LogP contribution in [0.5, 0.6) is 0 Å². The van der Waals surface area contributed by atoms with Crippen LogP contribution >= 0.6 is 0 Å². The molecule has 5 nitrogen and oxygen atoms in total. The number of nitrogens with two attached hydrogens (primary N) is 1. The molecule has 0 aliphatic heterocycles. The van der Waals surface area contributed by atoms with Gasteiger partial charge in [0.15, 0.2) is 0 Å². The first-order valence-corrected chi connectivity index (χ1v) is 5.99. The van der Waals surface area contributed by atoms with Gasteiger partial charge in [0.25, 0.3) is 0 Å². The maximum atomic E-state index is 11.8. The Kier molecular flexibility index (Phi) is 3.38. The molecule has 0 aromatic heterocycles. The number of methoxy groups -OCH3 is 2. The summed E-state index contributed by atoms with van der Waals surface area (Å²) in [5, 5.41) is 0. The Morgan fingerprint density at radius 1 is 1.12 bits per heavy atom. The van der Waals surface area contributed by atoms with Crippen LogP contribution in [0.15, 0.2) is 0 Å². The fraction of sp³-hybridized carbons (Fsp3) is 0.833. The normalized spacial score (nSPS) is 39.1. The second-order valence-corrected chi connectivity index (χ2v) is 4.99. The summed E-state index contributed by atoms with van der Waals surface area (Å²) in [5.74, 6) is -0.536. The molecule has 2 aliphatic carbocycles. The number of carbonyl (C=O) groups excluding carboxylic acids is 2. The van der Waals surface area contributed by atoms with Crippen molar-refractivity contribution in [1.82, 2.24) is 0 Å². The van der Waals surface area contributed by atoms with E-state index in [2.05, 4.69) is 0 Å². The summed E-state index contributed by atoms with van der Waals surface area (Å²) in [6.45, 7) is 0.572. The standard InChI is InChI=1S/C12H19NO4/c1-16-11(14)9-6-3-7(5-13)8(4-6)10(9)12(15)17-2/h6-10H,3-5,13H2,1-2H3. The second-order valence-electron chi connectivity index (χ2n) is 4.99. The summed E-state index contributed by atoms with van der Waals surface area (Å²) in [5.41, 5.74) is 5.71. The molecule has 17 heavy (non-hydrogen) atoms. The Morgan fingerprint density at radius 2 is 1.71 bits per heavy atom. The van der Waals surface area contributed by atoms with Crippen LogP contribution in [0.2, 0.25) is 0 Å². The Bertz CT molecular complexity index is 330. The van der Waals surface area contributed by atoms with Crippen LogP contribution in [-0.4, -0.2) is 32.7 Å². The molecule has 0 spiro atoms. The molecule has 5 unspecified atom stereocenters. The summed E-state index contributed by atoms with van der Waals surface area (Å²) >= 11 is 0. The molecule has 0 amide bonds. The van der Waals surface area contributed by atoms with E-state index in [0.29, 0.717) is 12.5 Å². The van der Waals surface area contributed by atoms with E-state index in [1.807, 2.05) is 0 Å². The zero-order valence-corrected chi connectivity index (χ0v) is 10.2. The van der Waals surface area contributed by atoms with Crippen LogP contribution in [0.1, 0.15) is 12.8 Å². The smallest absolute Gasteiger partial charge is 0.309 e. The highest BCUT2D eigenvalue weighted by Gasteiger charge is 2.58. The van der Waals surface area contributed by atoms with Gasteiger partial charge in [-0.15, -0.1) is 0 Å². The highest BCUT2D eigenvalue weighted by Crippen LogP contribution is 2.55. The molecule has 2 aliphatic rings. The van der Waals surface area contributed by atoms with Crippen LogP contribution < -0.4 is 5.73 Å². The van der Waals surface area contributed by atoms with Crippen molar-refractivity contribution >= 4 is 11.9 Å². The lowest BCUT2D eigenvalue weighted by Crippen LogP contribution is -2.41. The molecule has 0 aromatic rings. The van der Waals surface area contributed by atoms with Crippen molar-refractivity contribution in [2.75, 3.05) is 20.8 Å². The van der Waals surface area contributed by atoms with Crippen molar-refractivity contribution in [1.29, 1.82) is 0 Å². The Hall–Kier alpha value is -1.10. The fourth-order valence-corrected chi connectivity index (χ4v) is 3.70. The van der Waals surface area contributed by atoms with E-state index in [-0.39, 0.29) is 35.6 Å². The monoisotopic (exact) mass is 241 g/mol. The minimum Gasteiger partial charge on any atom is -0.469 e. The zero-order chi connectivity index (χ0) is 12.6. The first kappa shape index (κ1) is 12.4. The maximum Gasteiger partial charge on any atom is 0.309 e. The van der Waals surface area contributed by atoms with Gasteiger partial charge in [-0.1, -0.05) is 0 Å². The van der Waals surface area contributed by atoms with Gasteiger partial charge in [0, 0.05) is 0 Å². The molecule has 5 atom stereocenters. The highest BCUT2D eigenvalue weighted by atomic mass is 16.5. The SMILES string of the molecule is COC(=O)C1C2CC(CN)C(C2)C1C(=O)OC. The zero-order valence-electron chi connectivity index (χ0n) is 10.2. The molecule has 0 heterocycles. The summed E-state index contributed by atoms with van der Waals surface area (Å²) in [7, 11) is 2.73. The van der Waals surface area contributed by atoms with E-state index in [9.17, 15) is 9.59 Å². The summed E-state index contributed by atoms with van der Waals surface area (Å²) in [4.78, 5) is 23.6. The number of rotatable bonds is 3. The highest BCUT2D eigenvalue weighted by molar-refractivity contribution is 5.83. The average molecular weight is 241 g/mol. The molecular formula is C12H19NO4. The molecule has 2 bridgehead atoms. The van der Waals surface area contributed by atoms with Gasteiger partial charge in [-0.2, -0.15) is 0 Å². The molecule has 0 aromatic carbocycles. The van der Waals surface area contributed by atoms with Crippen molar-refractivity contribution < 1.29 is 19.1 Å². The number of hydrogen-bond acceptors (Lipinski definition) is 5. The first-order chi connectivity index (χ1) is 8.13. The number of hydrogen-bond donors (Lipinski definition) is 1. The third-order valence-corrected chi connectivity index (χ3v) is 4.39. The molecule has 0 saturated heterocycles. The van der Waals surface area contributed by atoms with Crippen molar-refractivity contribution in [3.05, 3.63) is 0 Å². The minimum atomic E-state index is -0.361. The molecular weight excluding hydrogens is 222 g/mol. The predicted molar refractivity (Wildman–Crippen MR) is 59.8 cm³/mol. The van der Waals surface area contributed by atoms with E-state index < -0.39 is 0 Å². The van der Waals surface area contributed by atoms with E-state index in [1.165, 1.54) is 14.2 Å². The van der Waals surface area contributed by atoms with Crippen LogP contribution in [0.25, 0.3) is 0 Å².